The van der Waals surface area contributed by atoms with Crippen molar-refractivity contribution in [2.45, 2.75) is 11.5 Å². The van der Waals surface area contributed by atoms with E-state index in [0.29, 0.717) is 5.69 Å². The third-order valence-corrected chi connectivity index (χ3v) is 3.25. The van der Waals surface area contributed by atoms with Crippen LogP contribution in [0.1, 0.15) is 16.2 Å². The Kier molecular flexibility index (Phi) is 4.41. The van der Waals surface area contributed by atoms with E-state index in [0.717, 1.165) is 10.6 Å². The SMILES string of the molecule is CSc1ccccc1OCc1cccc(C(=O)O)n1. The summed E-state index contributed by atoms with van der Waals surface area (Å²) in [5.74, 6) is -0.260. The van der Waals surface area contributed by atoms with Crippen LogP contribution < -0.4 is 4.74 Å². The summed E-state index contributed by atoms with van der Waals surface area (Å²) in [5, 5.41) is 8.87. The van der Waals surface area contributed by atoms with Crippen molar-refractivity contribution in [1.29, 1.82) is 0 Å². The number of carbonyl (C=O) groups is 1. The molecule has 1 heterocycles. The summed E-state index contributed by atoms with van der Waals surface area (Å²) >= 11 is 1.60. The van der Waals surface area contributed by atoms with E-state index in [9.17, 15) is 4.79 Å². The number of thioether (sulfide) groups is 1. The van der Waals surface area contributed by atoms with Crippen LogP contribution in [0.2, 0.25) is 0 Å². The molecular formula is C14H13NO3S. The lowest BCUT2D eigenvalue weighted by atomic mass is 10.3. The van der Waals surface area contributed by atoms with Gasteiger partial charge in [0.15, 0.2) is 0 Å². The fourth-order valence-electron chi connectivity index (χ4n) is 1.57. The molecule has 4 nitrogen and oxygen atoms in total. The number of rotatable bonds is 5. The molecule has 0 amide bonds. The predicted octanol–water partition coefficient (Wildman–Crippen LogP) is 3.08. The van der Waals surface area contributed by atoms with Crippen LogP contribution in [0, 0.1) is 0 Å². The number of pyridine rings is 1. The number of para-hydroxylation sites is 1. The number of carboxylic acid groups (broad SMARTS) is 1. The van der Waals surface area contributed by atoms with Gasteiger partial charge < -0.3 is 9.84 Å². The van der Waals surface area contributed by atoms with Crippen molar-refractivity contribution in [2.75, 3.05) is 6.26 Å². The Labute approximate surface area is 115 Å². The predicted molar refractivity (Wildman–Crippen MR) is 73.8 cm³/mol. The number of ether oxygens (including phenoxy) is 1. The zero-order valence-electron chi connectivity index (χ0n) is 10.4. The fourth-order valence-corrected chi connectivity index (χ4v) is 2.11. The maximum absolute atomic E-state index is 10.8. The Morgan fingerprint density at radius 3 is 2.79 bits per heavy atom. The summed E-state index contributed by atoms with van der Waals surface area (Å²) in [6, 6.07) is 12.6. The summed E-state index contributed by atoms with van der Waals surface area (Å²) in [7, 11) is 0. The lowest BCUT2D eigenvalue weighted by molar-refractivity contribution is 0.0690. The van der Waals surface area contributed by atoms with Crippen LogP contribution in [0.25, 0.3) is 0 Å². The van der Waals surface area contributed by atoms with Crippen LogP contribution in [-0.4, -0.2) is 22.3 Å². The molecule has 0 fully saturated rings. The van der Waals surface area contributed by atoms with Gasteiger partial charge in [0.25, 0.3) is 0 Å². The second-order valence-electron chi connectivity index (χ2n) is 3.76. The molecule has 0 saturated carbocycles. The highest BCUT2D eigenvalue weighted by Gasteiger charge is 2.06. The van der Waals surface area contributed by atoms with Gasteiger partial charge in [-0.25, -0.2) is 9.78 Å². The van der Waals surface area contributed by atoms with Crippen LogP contribution in [0.4, 0.5) is 0 Å². The molecule has 2 rings (SSSR count). The molecule has 0 aliphatic carbocycles. The number of hydrogen-bond acceptors (Lipinski definition) is 4. The minimum absolute atomic E-state index is 0.0271. The minimum Gasteiger partial charge on any atom is -0.486 e. The van der Waals surface area contributed by atoms with Gasteiger partial charge in [0.1, 0.15) is 18.1 Å². The average molecular weight is 275 g/mol. The normalized spacial score (nSPS) is 10.2. The quantitative estimate of drug-likeness (QED) is 0.850. The van der Waals surface area contributed by atoms with Crippen molar-refractivity contribution in [3.05, 3.63) is 53.9 Å². The number of nitrogens with zero attached hydrogens (tertiary/aromatic N) is 1. The molecule has 19 heavy (non-hydrogen) atoms. The first-order valence-electron chi connectivity index (χ1n) is 5.66. The number of benzene rings is 1. The Bertz CT molecular complexity index is 586. The molecule has 0 bridgehead atoms. The second-order valence-corrected chi connectivity index (χ2v) is 4.61. The molecule has 0 atom stereocenters. The van der Waals surface area contributed by atoms with Crippen molar-refractivity contribution in [2.24, 2.45) is 0 Å². The zero-order chi connectivity index (χ0) is 13.7. The van der Waals surface area contributed by atoms with Crippen LogP contribution >= 0.6 is 11.8 Å². The maximum Gasteiger partial charge on any atom is 0.354 e. The van der Waals surface area contributed by atoms with Crippen LogP contribution in [-0.2, 0) is 6.61 Å². The van der Waals surface area contributed by atoms with Gasteiger partial charge in [-0.2, -0.15) is 0 Å². The number of hydrogen-bond donors (Lipinski definition) is 1. The lowest BCUT2D eigenvalue weighted by Gasteiger charge is -2.09. The molecule has 0 radical (unpaired) electrons. The smallest absolute Gasteiger partial charge is 0.354 e. The first-order valence-corrected chi connectivity index (χ1v) is 6.88. The van der Waals surface area contributed by atoms with E-state index < -0.39 is 5.97 Å². The van der Waals surface area contributed by atoms with Crippen molar-refractivity contribution in [3.8, 4) is 5.75 Å². The molecule has 0 aliphatic heterocycles. The van der Waals surface area contributed by atoms with E-state index in [2.05, 4.69) is 4.98 Å². The first kappa shape index (κ1) is 13.4. The topological polar surface area (TPSA) is 59.4 Å². The highest BCUT2D eigenvalue weighted by Crippen LogP contribution is 2.27. The summed E-state index contributed by atoms with van der Waals surface area (Å²) in [5.41, 5.74) is 0.620. The van der Waals surface area contributed by atoms with Crippen LogP contribution in [0.3, 0.4) is 0 Å². The van der Waals surface area contributed by atoms with Gasteiger partial charge in [0, 0.05) is 4.90 Å². The zero-order valence-corrected chi connectivity index (χ0v) is 11.2. The molecule has 0 unspecified atom stereocenters. The van der Waals surface area contributed by atoms with Crippen molar-refractivity contribution < 1.29 is 14.6 Å². The molecular weight excluding hydrogens is 262 g/mol. The standard InChI is InChI=1S/C14H13NO3S/c1-19-13-8-3-2-7-12(13)18-9-10-5-4-6-11(15-10)14(16)17/h2-8H,9H2,1H3,(H,16,17). The molecule has 0 saturated heterocycles. The largest absolute Gasteiger partial charge is 0.486 e. The highest BCUT2D eigenvalue weighted by atomic mass is 32.2. The van der Waals surface area contributed by atoms with Crippen molar-refractivity contribution in [3.63, 3.8) is 0 Å². The van der Waals surface area contributed by atoms with E-state index in [1.807, 2.05) is 30.5 Å². The summed E-state index contributed by atoms with van der Waals surface area (Å²) in [6.07, 6.45) is 1.98. The molecule has 5 heteroatoms. The minimum atomic E-state index is -1.04. The van der Waals surface area contributed by atoms with E-state index >= 15 is 0 Å². The van der Waals surface area contributed by atoms with Crippen molar-refractivity contribution >= 4 is 17.7 Å². The Hall–Kier alpha value is -2.01. The maximum atomic E-state index is 10.8. The highest BCUT2D eigenvalue weighted by molar-refractivity contribution is 7.98. The Balaban J connectivity index is 2.10. The molecule has 0 aliphatic rings. The van der Waals surface area contributed by atoms with E-state index in [-0.39, 0.29) is 12.3 Å². The second kappa shape index (κ2) is 6.24. The fraction of sp³-hybridized carbons (Fsp3) is 0.143. The van der Waals surface area contributed by atoms with Gasteiger partial charge in [0.05, 0.1) is 5.69 Å². The summed E-state index contributed by atoms with van der Waals surface area (Å²) in [6.45, 7) is 0.249. The van der Waals surface area contributed by atoms with Crippen molar-refractivity contribution in [1.82, 2.24) is 4.98 Å². The third-order valence-electron chi connectivity index (χ3n) is 2.47. The van der Waals surface area contributed by atoms with E-state index in [4.69, 9.17) is 9.84 Å². The third kappa shape index (κ3) is 3.48. The average Bonchev–Trinajstić information content (AvgIpc) is 2.45. The van der Waals surface area contributed by atoms with Gasteiger partial charge in [-0.3, -0.25) is 0 Å². The molecule has 2 aromatic rings. The Morgan fingerprint density at radius 2 is 2.05 bits per heavy atom. The van der Waals surface area contributed by atoms with Gasteiger partial charge >= 0.3 is 5.97 Å². The molecule has 1 aromatic heterocycles. The summed E-state index contributed by atoms with van der Waals surface area (Å²) < 4.78 is 5.67. The summed E-state index contributed by atoms with van der Waals surface area (Å²) in [4.78, 5) is 15.9. The molecule has 1 N–H and O–H groups in total. The van der Waals surface area contributed by atoms with Gasteiger partial charge in [-0.1, -0.05) is 18.2 Å². The first-order chi connectivity index (χ1) is 9.20. The van der Waals surface area contributed by atoms with Gasteiger partial charge in [-0.05, 0) is 30.5 Å². The van der Waals surface area contributed by atoms with Crippen LogP contribution in [0.5, 0.6) is 5.75 Å². The van der Waals surface area contributed by atoms with Gasteiger partial charge in [-0.15, -0.1) is 11.8 Å². The van der Waals surface area contributed by atoms with Crippen LogP contribution in [0.15, 0.2) is 47.4 Å². The Morgan fingerprint density at radius 1 is 1.26 bits per heavy atom. The molecule has 1 aromatic carbocycles. The molecule has 98 valence electrons. The lowest BCUT2D eigenvalue weighted by Crippen LogP contribution is -2.05. The number of carboxylic acids is 1. The number of aromatic nitrogens is 1. The molecule has 0 spiro atoms. The van der Waals surface area contributed by atoms with E-state index in [1.54, 1.807) is 23.9 Å². The van der Waals surface area contributed by atoms with Gasteiger partial charge in [0.2, 0.25) is 0 Å². The number of aromatic carboxylic acids is 1. The van der Waals surface area contributed by atoms with E-state index in [1.165, 1.54) is 6.07 Å². The monoisotopic (exact) mass is 275 g/mol.